The monoisotopic (exact) mass is 378 g/mol. The fourth-order valence-corrected chi connectivity index (χ4v) is 3.80. The lowest BCUT2D eigenvalue weighted by atomic mass is 9.97. The summed E-state index contributed by atoms with van der Waals surface area (Å²) >= 11 is 0. The standard InChI is InChI=1S/C23H23FN2O2/c1-16-12-21(20-10-9-18(24)13-22(20)25-16)23(27)26-11-5-6-17(14-26)15-28-19-7-3-2-4-8-19/h2-4,7-10,12-13,17H,5-6,11,14-15H2,1H3. The first-order valence-electron chi connectivity index (χ1n) is 9.64. The summed E-state index contributed by atoms with van der Waals surface area (Å²) < 4.78 is 19.5. The van der Waals surface area contributed by atoms with Gasteiger partial charge in [-0.05, 0) is 50.1 Å². The van der Waals surface area contributed by atoms with E-state index in [0.29, 0.717) is 41.2 Å². The number of fused-ring (bicyclic) bond motifs is 1. The molecule has 4 rings (SSSR count). The third-order valence-corrected chi connectivity index (χ3v) is 5.17. The van der Waals surface area contributed by atoms with E-state index in [0.717, 1.165) is 25.1 Å². The Bertz CT molecular complexity index is 985. The van der Waals surface area contributed by atoms with Crippen molar-refractivity contribution in [2.45, 2.75) is 19.8 Å². The molecule has 3 aromatic rings. The Hall–Kier alpha value is -2.95. The first-order chi connectivity index (χ1) is 13.6. The van der Waals surface area contributed by atoms with E-state index in [1.807, 2.05) is 42.2 Å². The number of carbonyl (C=O) groups excluding carboxylic acids is 1. The predicted octanol–water partition coefficient (Wildman–Crippen LogP) is 4.61. The maximum Gasteiger partial charge on any atom is 0.254 e. The summed E-state index contributed by atoms with van der Waals surface area (Å²) in [5.74, 6) is 0.778. The van der Waals surface area contributed by atoms with Crippen LogP contribution in [0, 0.1) is 18.7 Å². The summed E-state index contributed by atoms with van der Waals surface area (Å²) in [6.07, 6.45) is 1.99. The fraction of sp³-hybridized carbons (Fsp3) is 0.304. The maximum absolute atomic E-state index is 13.6. The number of hydrogen-bond donors (Lipinski definition) is 0. The van der Waals surface area contributed by atoms with Crippen molar-refractivity contribution >= 4 is 16.8 Å². The van der Waals surface area contributed by atoms with Crippen LogP contribution < -0.4 is 4.74 Å². The number of benzene rings is 2. The molecule has 0 N–H and O–H groups in total. The Balaban J connectivity index is 1.51. The Morgan fingerprint density at radius 2 is 2.04 bits per heavy atom. The summed E-state index contributed by atoms with van der Waals surface area (Å²) in [4.78, 5) is 19.5. The highest BCUT2D eigenvalue weighted by molar-refractivity contribution is 6.06. The lowest BCUT2D eigenvalue weighted by Crippen LogP contribution is -2.41. The average molecular weight is 378 g/mol. The summed E-state index contributed by atoms with van der Waals surface area (Å²) in [6.45, 7) is 3.81. The molecule has 0 radical (unpaired) electrons. The minimum absolute atomic E-state index is 0.0217. The van der Waals surface area contributed by atoms with E-state index in [1.165, 1.54) is 12.1 Å². The van der Waals surface area contributed by atoms with Crippen LogP contribution in [0.1, 0.15) is 28.9 Å². The van der Waals surface area contributed by atoms with Gasteiger partial charge in [0, 0.05) is 36.2 Å². The molecule has 0 spiro atoms. The van der Waals surface area contributed by atoms with Crippen LogP contribution in [0.5, 0.6) is 5.75 Å². The van der Waals surface area contributed by atoms with Gasteiger partial charge in [-0.25, -0.2) is 4.39 Å². The largest absolute Gasteiger partial charge is 0.493 e. The topological polar surface area (TPSA) is 42.4 Å². The molecule has 1 fully saturated rings. The molecule has 1 aliphatic heterocycles. The van der Waals surface area contributed by atoms with Gasteiger partial charge in [0.25, 0.3) is 5.91 Å². The molecule has 4 nitrogen and oxygen atoms in total. The number of para-hydroxylation sites is 1. The molecule has 144 valence electrons. The maximum atomic E-state index is 13.6. The quantitative estimate of drug-likeness (QED) is 0.666. The fourth-order valence-electron chi connectivity index (χ4n) is 3.80. The third-order valence-electron chi connectivity index (χ3n) is 5.17. The number of amides is 1. The number of piperidine rings is 1. The number of pyridine rings is 1. The minimum Gasteiger partial charge on any atom is -0.493 e. The van der Waals surface area contributed by atoms with Crippen LogP contribution in [0.2, 0.25) is 0 Å². The van der Waals surface area contributed by atoms with Gasteiger partial charge in [0.05, 0.1) is 17.7 Å². The van der Waals surface area contributed by atoms with E-state index in [1.54, 1.807) is 12.1 Å². The first kappa shape index (κ1) is 18.4. The van der Waals surface area contributed by atoms with E-state index in [2.05, 4.69) is 4.98 Å². The highest BCUT2D eigenvalue weighted by Crippen LogP contribution is 2.24. The van der Waals surface area contributed by atoms with Gasteiger partial charge in [-0.3, -0.25) is 9.78 Å². The van der Waals surface area contributed by atoms with Crippen LogP contribution >= 0.6 is 0 Å². The van der Waals surface area contributed by atoms with E-state index >= 15 is 0 Å². The van der Waals surface area contributed by atoms with Gasteiger partial charge in [-0.2, -0.15) is 0 Å². The second-order valence-electron chi connectivity index (χ2n) is 7.36. The molecule has 1 aliphatic rings. The Morgan fingerprint density at radius 3 is 2.86 bits per heavy atom. The van der Waals surface area contributed by atoms with Crippen molar-refractivity contribution in [3.8, 4) is 5.75 Å². The molecule has 1 saturated heterocycles. The van der Waals surface area contributed by atoms with Crippen molar-refractivity contribution < 1.29 is 13.9 Å². The van der Waals surface area contributed by atoms with E-state index in [4.69, 9.17) is 4.74 Å². The highest BCUT2D eigenvalue weighted by atomic mass is 19.1. The van der Waals surface area contributed by atoms with Crippen molar-refractivity contribution in [2.24, 2.45) is 5.92 Å². The zero-order valence-corrected chi connectivity index (χ0v) is 15.9. The van der Waals surface area contributed by atoms with Gasteiger partial charge in [-0.1, -0.05) is 18.2 Å². The summed E-state index contributed by atoms with van der Waals surface area (Å²) in [7, 11) is 0. The Labute approximate surface area is 164 Å². The number of rotatable bonds is 4. The van der Waals surface area contributed by atoms with Crippen molar-refractivity contribution in [1.82, 2.24) is 9.88 Å². The molecule has 2 heterocycles. The summed E-state index contributed by atoms with van der Waals surface area (Å²) in [5, 5.41) is 0.694. The number of aryl methyl sites for hydroxylation is 1. The molecular formula is C23H23FN2O2. The molecule has 1 unspecified atom stereocenters. The van der Waals surface area contributed by atoms with Gasteiger partial charge in [-0.15, -0.1) is 0 Å². The number of aromatic nitrogens is 1. The highest BCUT2D eigenvalue weighted by Gasteiger charge is 2.26. The Kier molecular flexibility index (Phi) is 5.24. The number of halogens is 1. The molecule has 0 aliphatic carbocycles. The zero-order valence-electron chi connectivity index (χ0n) is 15.9. The molecule has 0 saturated carbocycles. The molecular weight excluding hydrogens is 355 g/mol. The van der Waals surface area contributed by atoms with Crippen LogP contribution in [0.25, 0.3) is 10.9 Å². The second kappa shape index (κ2) is 7.97. The van der Waals surface area contributed by atoms with Crippen LogP contribution in [0.4, 0.5) is 4.39 Å². The Morgan fingerprint density at radius 1 is 1.21 bits per heavy atom. The molecule has 2 aromatic carbocycles. The molecule has 0 bridgehead atoms. The van der Waals surface area contributed by atoms with Gasteiger partial charge in [0.2, 0.25) is 0 Å². The lowest BCUT2D eigenvalue weighted by Gasteiger charge is -2.33. The number of hydrogen-bond acceptors (Lipinski definition) is 3. The van der Waals surface area contributed by atoms with Crippen LogP contribution in [-0.4, -0.2) is 35.5 Å². The summed E-state index contributed by atoms with van der Waals surface area (Å²) in [6, 6.07) is 15.9. The number of ether oxygens (including phenoxy) is 1. The smallest absolute Gasteiger partial charge is 0.254 e. The van der Waals surface area contributed by atoms with E-state index in [-0.39, 0.29) is 11.7 Å². The molecule has 1 atom stereocenters. The average Bonchev–Trinajstić information content (AvgIpc) is 2.72. The molecule has 1 aromatic heterocycles. The van der Waals surface area contributed by atoms with Gasteiger partial charge in [0.15, 0.2) is 0 Å². The molecule has 5 heteroatoms. The van der Waals surface area contributed by atoms with Crippen LogP contribution in [-0.2, 0) is 0 Å². The van der Waals surface area contributed by atoms with Crippen molar-refractivity contribution in [1.29, 1.82) is 0 Å². The summed E-state index contributed by atoms with van der Waals surface area (Å²) in [5.41, 5.74) is 1.82. The van der Waals surface area contributed by atoms with Crippen LogP contribution in [0.3, 0.4) is 0 Å². The van der Waals surface area contributed by atoms with Crippen molar-refractivity contribution in [2.75, 3.05) is 19.7 Å². The van der Waals surface area contributed by atoms with Crippen LogP contribution in [0.15, 0.2) is 54.6 Å². The SMILES string of the molecule is Cc1cc(C(=O)N2CCCC(COc3ccccc3)C2)c2ccc(F)cc2n1. The lowest BCUT2D eigenvalue weighted by molar-refractivity contribution is 0.0635. The van der Waals surface area contributed by atoms with Gasteiger partial charge in [0.1, 0.15) is 11.6 Å². The van der Waals surface area contributed by atoms with Crippen molar-refractivity contribution in [3.63, 3.8) is 0 Å². The third kappa shape index (κ3) is 3.98. The van der Waals surface area contributed by atoms with Crippen molar-refractivity contribution in [3.05, 3.63) is 71.7 Å². The second-order valence-corrected chi connectivity index (χ2v) is 7.36. The normalized spacial score (nSPS) is 16.9. The number of likely N-dealkylation sites (tertiary alicyclic amines) is 1. The molecule has 28 heavy (non-hydrogen) atoms. The predicted molar refractivity (Wildman–Crippen MR) is 107 cm³/mol. The minimum atomic E-state index is -0.347. The van der Waals surface area contributed by atoms with E-state index in [9.17, 15) is 9.18 Å². The zero-order chi connectivity index (χ0) is 19.5. The van der Waals surface area contributed by atoms with E-state index < -0.39 is 0 Å². The van der Waals surface area contributed by atoms with Gasteiger partial charge >= 0.3 is 0 Å². The number of nitrogens with zero attached hydrogens (tertiary/aromatic N) is 2. The van der Waals surface area contributed by atoms with Gasteiger partial charge < -0.3 is 9.64 Å². The number of carbonyl (C=O) groups is 1. The first-order valence-corrected chi connectivity index (χ1v) is 9.64. The molecule has 1 amide bonds.